The van der Waals surface area contributed by atoms with Crippen LogP contribution in [0.15, 0.2) is 42.5 Å². The van der Waals surface area contributed by atoms with Crippen LogP contribution in [-0.4, -0.2) is 24.9 Å². The molecule has 0 bridgehead atoms. The van der Waals surface area contributed by atoms with Gasteiger partial charge in [-0.05, 0) is 30.7 Å². The number of anilines is 3. The van der Waals surface area contributed by atoms with Crippen LogP contribution in [0.25, 0.3) is 0 Å². The van der Waals surface area contributed by atoms with Crippen LogP contribution in [0.1, 0.15) is 12.8 Å². The van der Waals surface area contributed by atoms with E-state index in [1.807, 2.05) is 12.1 Å². The van der Waals surface area contributed by atoms with E-state index in [1.165, 1.54) is 6.07 Å². The fourth-order valence-corrected chi connectivity index (χ4v) is 2.72. The molecule has 2 amide bonds. The van der Waals surface area contributed by atoms with Gasteiger partial charge in [-0.2, -0.15) is 0 Å². The monoisotopic (exact) mass is 345 g/mol. The third-order valence-electron chi connectivity index (χ3n) is 3.91. The summed E-state index contributed by atoms with van der Waals surface area (Å²) in [6.07, 6.45) is 1.32. The van der Waals surface area contributed by atoms with Gasteiger partial charge in [0.15, 0.2) is 0 Å². The zero-order chi connectivity index (χ0) is 17.8. The minimum absolute atomic E-state index is 0.0482. The first-order valence-corrected chi connectivity index (χ1v) is 7.93. The average Bonchev–Trinajstić information content (AvgIpc) is 3.02. The number of rotatable bonds is 5. The molecule has 1 aliphatic heterocycles. The van der Waals surface area contributed by atoms with Gasteiger partial charge in [-0.1, -0.05) is 12.1 Å². The molecule has 0 saturated carbocycles. The largest absolute Gasteiger partial charge is 0.374 e. The summed E-state index contributed by atoms with van der Waals surface area (Å²) in [6, 6.07) is 10.1. The maximum atomic E-state index is 13.6. The van der Waals surface area contributed by atoms with E-state index in [4.69, 9.17) is 0 Å². The smallest absolute Gasteiger partial charge is 0.243 e. The van der Waals surface area contributed by atoms with Gasteiger partial charge in [0.1, 0.15) is 11.6 Å². The van der Waals surface area contributed by atoms with E-state index in [9.17, 15) is 18.4 Å². The molecule has 0 aliphatic carbocycles. The Morgan fingerprint density at radius 2 is 1.92 bits per heavy atom. The Labute approximate surface area is 143 Å². The summed E-state index contributed by atoms with van der Waals surface area (Å²) in [5.41, 5.74) is 1.27. The highest BCUT2D eigenvalue weighted by Crippen LogP contribution is 2.29. The Bertz CT molecular complexity index is 811. The molecule has 0 radical (unpaired) electrons. The van der Waals surface area contributed by atoms with Crippen LogP contribution >= 0.6 is 0 Å². The standard InChI is InChI=1S/C18H17F2N3O2/c19-12-7-8-14(13(20)10-12)22-17(24)11-21-15-4-1-2-5-16(15)23-9-3-6-18(23)25/h1-2,4-5,7-8,10,21H,3,6,9,11H2,(H,22,24). The van der Waals surface area contributed by atoms with Crippen molar-refractivity contribution in [2.24, 2.45) is 0 Å². The summed E-state index contributed by atoms with van der Waals surface area (Å²) in [6.45, 7) is 0.528. The van der Waals surface area contributed by atoms with E-state index in [0.717, 1.165) is 12.5 Å². The molecule has 0 aromatic heterocycles. The van der Waals surface area contributed by atoms with Gasteiger partial charge in [0.05, 0.1) is 23.6 Å². The van der Waals surface area contributed by atoms with Crippen LogP contribution in [0.3, 0.4) is 0 Å². The number of hydrogen-bond acceptors (Lipinski definition) is 3. The molecule has 2 aromatic carbocycles. The number of carbonyl (C=O) groups is 2. The molecule has 5 nitrogen and oxygen atoms in total. The molecule has 3 rings (SSSR count). The number of nitrogens with one attached hydrogen (secondary N) is 2. The van der Waals surface area contributed by atoms with Crippen LogP contribution in [0.2, 0.25) is 0 Å². The van der Waals surface area contributed by atoms with Gasteiger partial charge in [-0.3, -0.25) is 9.59 Å². The normalized spacial score (nSPS) is 13.8. The van der Waals surface area contributed by atoms with E-state index < -0.39 is 17.5 Å². The van der Waals surface area contributed by atoms with Crippen LogP contribution in [0, 0.1) is 11.6 Å². The first kappa shape index (κ1) is 16.9. The number of nitrogens with zero attached hydrogens (tertiary/aromatic N) is 1. The summed E-state index contributed by atoms with van der Waals surface area (Å²) < 4.78 is 26.4. The Morgan fingerprint density at radius 3 is 2.64 bits per heavy atom. The predicted octanol–water partition coefficient (Wildman–Crippen LogP) is 3.14. The minimum atomic E-state index is -0.837. The van der Waals surface area contributed by atoms with E-state index in [1.54, 1.807) is 17.0 Å². The first-order chi connectivity index (χ1) is 12.0. The van der Waals surface area contributed by atoms with Crippen LogP contribution < -0.4 is 15.5 Å². The van der Waals surface area contributed by atoms with E-state index >= 15 is 0 Å². The van der Waals surface area contributed by atoms with Gasteiger partial charge in [-0.15, -0.1) is 0 Å². The lowest BCUT2D eigenvalue weighted by Crippen LogP contribution is -2.26. The van der Waals surface area contributed by atoms with Gasteiger partial charge in [-0.25, -0.2) is 8.78 Å². The molecule has 1 saturated heterocycles. The van der Waals surface area contributed by atoms with Gasteiger partial charge >= 0.3 is 0 Å². The average molecular weight is 345 g/mol. The van der Waals surface area contributed by atoms with Crippen molar-refractivity contribution < 1.29 is 18.4 Å². The maximum Gasteiger partial charge on any atom is 0.243 e. The second-order valence-corrected chi connectivity index (χ2v) is 5.69. The molecule has 2 aromatic rings. The molecule has 1 fully saturated rings. The highest BCUT2D eigenvalue weighted by Gasteiger charge is 2.23. The number of amides is 2. The van der Waals surface area contributed by atoms with Gasteiger partial charge in [0.25, 0.3) is 0 Å². The summed E-state index contributed by atoms with van der Waals surface area (Å²) in [4.78, 5) is 25.6. The summed E-state index contributed by atoms with van der Waals surface area (Å²) in [5.74, 6) is -1.98. The third kappa shape index (κ3) is 3.93. The highest BCUT2D eigenvalue weighted by atomic mass is 19.1. The first-order valence-electron chi connectivity index (χ1n) is 7.93. The van der Waals surface area contributed by atoms with Crippen molar-refractivity contribution in [3.63, 3.8) is 0 Å². The minimum Gasteiger partial charge on any atom is -0.374 e. The van der Waals surface area contributed by atoms with E-state index in [0.29, 0.717) is 30.4 Å². The quantitative estimate of drug-likeness (QED) is 0.875. The highest BCUT2D eigenvalue weighted by molar-refractivity contribution is 5.99. The Hall–Kier alpha value is -2.96. The lowest BCUT2D eigenvalue weighted by molar-refractivity contribution is -0.117. The van der Waals surface area contributed by atoms with Crippen LogP contribution in [0.5, 0.6) is 0 Å². The molecule has 1 heterocycles. The van der Waals surface area contributed by atoms with Crippen molar-refractivity contribution in [2.75, 3.05) is 28.6 Å². The number of para-hydroxylation sites is 2. The van der Waals surface area contributed by atoms with Crippen molar-refractivity contribution in [3.05, 3.63) is 54.1 Å². The fourth-order valence-electron chi connectivity index (χ4n) is 2.72. The topological polar surface area (TPSA) is 61.4 Å². The molecular formula is C18H17F2N3O2. The maximum absolute atomic E-state index is 13.6. The summed E-state index contributed by atoms with van der Waals surface area (Å²) in [5, 5.41) is 5.34. The second kappa shape index (κ2) is 7.29. The van der Waals surface area contributed by atoms with Gasteiger partial charge in [0, 0.05) is 19.0 Å². The molecule has 25 heavy (non-hydrogen) atoms. The molecule has 0 atom stereocenters. The van der Waals surface area contributed by atoms with E-state index in [-0.39, 0.29) is 18.1 Å². The van der Waals surface area contributed by atoms with Gasteiger partial charge in [0.2, 0.25) is 11.8 Å². The van der Waals surface area contributed by atoms with Crippen molar-refractivity contribution >= 4 is 28.9 Å². The SMILES string of the molecule is O=C(CNc1ccccc1N1CCCC1=O)Nc1ccc(F)cc1F. The molecular weight excluding hydrogens is 328 g/mol. The van der Waals surface area contributed by atoms with Gasteiger partial charge < -0.3 is 15.5 Å². The third-order valence-corrected chi connectivity index (χ3v) is 3.91. The number of hydrogen-bond donors (Lipinski definition) is 2. The number of carbonyl (C=O) groups excluding carboxylic acids is 2. The van der Waals surface area contributed by atoms with Crippen LogP contribution in [-0.2, 0) is 9.59 Å². The lowest BCUT2D eigenvalue weighted by atomic mass is 10.2. The van der Waals surface area contributed by atoms with Crippen molar-refractivity contribution in [2.45, 2.75) is 12.8 Å². The molecule has 7 heteroatoms. The van der Waals surface area contributed by atoms with Crippen molar-refractivity contribution in [1.29, 1.82) is 0 Å². The van der Waals surface area contributed by atoms with Crippen LogP contribution in [0.4, 0.5) is 25.8 Å². The number of halogens is 2. The zero-order valence-corrected chi connectivity index (χ0v) is 13.4. The predicted molar refractivity (Wildman–Crippen MR) is 91.5 cm³/mol. The Balaban J connectivity index is 1.65. The summed E-state index contributed by atoms with van der Waals surface area (Å²) >= 11 is 0. The van der Waals surface area contributed by atoms with Crippen molar-refractivity contribution in [1.82, 2.24) is 0 Å². The fraction of sp³-hybridized carbons (Fsp3) is 0.222. The number of benzene rings is 2. The molecule has 0 unspecified atom stereocenters. The Morgan fingerprint density at radius 1 is 1.12 bits per heavy atom. The molecule has 0 spiro atoms. The van der Waals surface area contributed by atoms with E-state index in [2.05, 4.69) is 10.6 Å². The molecule has 2 N–H and O–H groups in total. The molecule has 1 aliphatic rings. The summed E-state index contributed by atoms with van der Waals surface area (Å²) in [7, 11) is 0. The zero-order valence-electron chi connectivity index (χ0n) is 13.4. The lowest BCUT2D eigenvalue weighted by Gasteiger charge is -2.20. The Kier molecular flexibility index (Phi) is 4.92. The molecule has 130 valence electrons. The second-order valence-electron chi connectivity index (χ2n) is 5.69. The van der Waals surface area contributed by atoms with Crippen molar-refractivity contribution in [3.8, 4) is 0 Å².